The Balaban J connectivity index is 1.78. The Morgan fingerprint density at radius 3 is 2.33 bits per heavy atom. The van der Waals surface area contributed by atoms with Crippen molar-refractivity contribution < 1.29 is 33.8 Å². The topological polar surface area (TPSA) is 161 Å². The molecule has 0 aliphatic rings. The van der Waals surface area contributed by atoms with Gasteiger partial charge in [-0.1, -0.05) is 6.07 Å². The van der Waals surface area contributed by atoms with E-state index in [0.29, 0.717) is 16.9 Å². The highest BCUT2D eigenvalue weighted by Crippen LogP contribution is 2.31. The summed E-state index contributed by atoms with van der Waals surface area (Å²) < 4.78 is 15.7. The summed E-state index contributed by atoms with van der Waals surface area (Å²) in [6.07, 6.45) is 1.26. The number of non-ortho nitro benzene ring substituents is 1. The zero-order chi connectivity index (χ0) is 26.2. The van der Waals surface area contributed by atoms with Crippen LogP contribution in [0.3, 0.4) is 0 Å². The van der Waals surface area contributed by atoms with Gasteiger partial charge in [-0.2, -0.15) is 5.26 Å². The Morgan fingerprint density at radius 1 is 1.03 bits per heavy atom. The highest BCUT2D eigenvalue weighted by atomic mass is 16.6. The summed E-state index contributed by atoms with van der Waals surface area (Å²) in [5, 5.41) is 32.5. The molecule has 0 bridgehead atoms. The first kappa shape index (κ1) is 25.3. The number of anilines is 1. The number of nitro groups is 1. The lowest BCUT2D eigenvalue weighted by Crippen LogP contribution is -2.13. The van der Waals surface area contributed by atoms with Crippen molar-refractivity contribution in [2.24, 2.45) is 0 Å². The summed E-state index contributed by atoms with van der Waals surface area (Å²) in [4.78, 5) is 35.1. The summed E-state index contributed by atoms with van der Waals surface area (Å²) in [6.45, 7) is 0. The minimum absolute atomic E-state index is 0.106. The Kier molecular flexibility index (Phi) is 7.84. The number of phenolic OH excluding ortho intramolecular Hbond substituents is 1. The van der Waals surface area contributed by atoms with Crippen molar-refractivity contribution >= 4 is 29.3 Å². The quantitative estimate of drug-likeness (QED) is 0.0903. The summed E-state index contributed by atoms with van der Waals surface area (Å²) in [5.41, 5.74) is -0.111. The number of esters is 1. The van der Waals surface area contributed by atoms with Gasteiger partial charge in [-0.25, -0.2) is 4.79 Å². The Labute approximate surface area is 204 Å². The molecule has 0 unspecified atom stereocenters. The van der Waals surface area contributed by atoms with Crippen molar-refractivity contribution in [3.8, 4) is 29.1 Å². The highest BCUT2D eigenvalue weighted by Gasteiger charge is 2.16. The zero-order valence-electron chi connectivity index (χ0n) is 19.1. The van der Waals surface area contributed by atoms with E-state index in [1.807, 2.05) is 0 Å². The van der Waals surface area contributed by atoms with Crippen LogP contribution in [-0.2, 0) is 4.79 Å². The third kappa shape index (κ3) is 5.95. The molecule has 1 amide bonds. The lowest BCUT2D eigenvalue weighted by Gasteiger charge is -2.11. The van der Waals surface area contributed by atoms with Crippen molar-refractivity contribution in [1.29, 1.82) is 5.26 Å². The van der Waals surface area contributed by atoms with Crippen LogP contribution in [-0.4, -0.2) is 36.1 Å². The lowest BCUT2D eigenvalue weighted by molar-refractivity contribution is -0.384. The number of carbonyl (C=O) groups is 2. The number of ether oxygens (including phenoxy) is 3. The molecule has 0 saturated carbocycles. The van der Waals surface area contributed by atoms with E-state index in [9.17, 15) is 30.1 Å². The molecule has 11 nitrogen and oxygen atoms in total. The second-order valence-corrected chi connectivity index (χ2v) is 7.11. The molecule has 11 heteroatoms. The van der Waals surface area contributed by atoms with E-state index in [0.717, 1.165) is 18.2 Å². The van der Waals surface area contributed by atoms with Gasteiger partial charge in [0.05, 0.1) is 36.5 Å². The van der Waals surface area contributed by atoms with E-state index < -0.39 is 22.5 Å². The molecule has 0 spiro atoms. The standard InChI is InChI=1S/C25H19N3O8/c1-34-19-7-4-16(5-8-19)25(31)36-22-10-3-15(12-23(22)35-2)11-17(14-26)24(30)27-20-9-6-18(28(32)33)13-21(20)29/h3-13,29H,1-2H3,(H,27,30). The number of amides is 1. The van der Waals surface area contributed by atoms with Crippen molar-refractivity contribution in [2.45, 2.75) is 0 Å². The number of benzene rings is 3. The molecule has 0 atom stereocenters. The Morgan fingerprint density at radius 2 is 1.75 bits per heavy atom. The smallest absolute Gasteiger partial charge is 0.343 e. The number of nitro benzene ring substituents is 1. The molecule has 0 aliphatic heterocycles. The fourth-order valence-electron chi connectivity index (χ4n) is 2.99. The minimum atomic E-state index is -0.851. The highest BCUT2D eigenvalue weighted by molar-refractivity contribution is 6.10. The van der Waals surface area contributed by atoms with Gasteiger partial charge in [-0.05, 0) is 54.1 Å². The van der Waals surface area contributed by atoms with Crippen LogP contribution in [0.1, 0.15) is 15.9 Å². The first-order valence-electron chi connectivity index (χ1n) is 10.2. The Hall–Kier alpha value is -5.37. The fourth-order valence-corrected chi connectivity index (χ4v) is 2.99. The van der Waals surface area contributed by atoms with Gasteiger partial charge in [0.25, 0.3) is 11.6 Å². The zero-order valence-corrected chi connectivity index (χ0v) is 19.1. The molecule has 3 rings (SSSR count). The molecular formula is C25H19N3O8. The van der Waals surface area contributed by atoms with Gasteiger partial charge in [0, 0.05) is 6.07 Å². The summed E-state index contributed by atoms with van der Waals surface area (Å²) in [6, 6.07) is 15.6. The molecule has 3 aromatic carbocycles. The van der Waals surface area contributed by atoms with Crippen LogP contribution in [0.2, 0.25) is 0 Å². The molecule has 0 saturated heterocycles. The molecule has 36 heavy (non-hydrogen) atoms. The first-order valence-corrected chi connectivity index (χ1v) is 10.2. The van der Waals surface area contributed by atoms with E-state index in [1.165, 1.54) is 38.5 Å². The maximum absolute atomic E-state index is 12.5. The second-order valence-electron chi connectivity index (χ2n) is 7.11. The molecular weight excluding hydrogens is 470 g/mol. The molecule has 3 aromatic rings. The number of nitrogens with zero attached hydrogens (tertiary/aromatic N) is 2. The second kappa shape index (κ2) is 11.2. The van der Waals surface area contributed by atoms with Crippen LogP contribution in [0.5, 0.6) is 23.0 Å². The van der Waals surface area contributed by atoms with Crippen LogP contribution in [0, 0.1) is 21.4 Å². The van der Waals surface area contributed by atoms with Crippen LogP contribution >= 0.6 is 0 Å². The van der Waals surface area contributed by atoms with Crippen LogP contribution in [0.25, 0.3) is 6.08 Å². The van der Waals surface area contributed by atoms with Gasteiger partial charge in [-0.3, -0.25) is 14.9 Å². The van der Waals surface area contributed by atoms with Crippen molar-refractivity contribution in [1.82, 2.24) is 0 Å². The van der Waals surface area contributed by atoms with E-state index in [2.05, 4.69) is 5.32 Å². The van der Waals surface area contributed by atoms with Gasteiger partial charge in [-0.15, -0.1) is 0 Å². The SMILES string of the molecule is COc1ccc(C(=O)Oc2ccc(C=C(C#N)C(=O)Nc3ccc([N+](=O)[O-])cc3O)cc2OC)cc1. The van der Waals surface area contributed by atoms with E-state index in [1.54, 1.807) is 30.3 Å². The monoisotopic (exact) mass is 489 g/mol. The first-order chi connectivity index (χ1) is 17.2. The number of methoxy groups -OCH3 is 2. The van der Waals surface area contributed by atoms with Crippen LogP contribution < -0.4 is 19.5 Å². The number of carbonyl (C=O) groups excluding carboxylic acids is 2. The van der Waals surface area contributed by atoms with Crippen LogP contribution in [0.4, 0.5) is 11.4 Å². The number of nitrogens with one attached hydrogen (secondary N) is 1. The van der Waals surface area contributed by atoms with Crippen molar-refractivity contribution in [3.63, 3.8) is 0 Å². The van der Waals surface area contributed by atoms with Gasteiger partial charge in [0.1, 0.15) is 23.1 Å². The average molecular weight is 489 g/mol. The molecule has 0 fully saturated rings. The lowest BCUT2D eigenvalue weighted by atomic mass is 10.1. The average Bonchev–Trinajstić information content (AvgIpc) is 2.88. The number of rotatable bonds is 8. The summed E-state index contributed by atoms with van der Waals surface area (Å²) in [5.74, 6) is -1.12. The minimum Gasteiger partial charge on any atom is -0.506 e. The number of nitriles is 1. The maximum Gasteiger partial charge on any atom is 0.343 e. The normalized spacial score (nSPS) is 10.6. The summed E-state index contributed by atoms with van der Waals surface area (Å²) >= 11 is 0. The van der Waals surface area contributed by atoms with Crippen molar-refractivity contribution in [3.05, 3.63) is 87.5 Å². The molecule has 0 aromatic heterocycles. The third-order valence-electron chi connectivity index (χ3n) is 4.83. The third-order valence-corrected chi connectivity index (χ3v) is 4.83. The summed E-state index contributed by atoms with van der Waals surface area (Å²) in [7, 11) is 2.87. The van der Waals surface area contributed by atoms with E-state index >= 15 is 0 Å². The van der Waals surface area contributed by atoms with Crippen LogP contribution in [0.15, 0.2) is 66.2 Å². The number of phenols is 1. The van der Waals surface area contributed by atoms with Gasteiger partial charge in [0.15, 0.2) is 11.5 Å². The van der Waals surface area contributed by atoms with Gasteiger partial charge < -0.3 is 24.6 Å². The number of aromatic hydroxyl groups is 1. The number of hydrogen-bond donors (Lipinski definition) is 2. The maximum atomic E-state index is 12.5. The fraction of sp³-hybridized carbons (Fsp3) is 0.0800. The van der Waals surface area contributed by atoms with E-state index in [-0.39, 0.29) is 28.4 Å². The molecule has 0 heterocycles. The largest absolute Gasteiger partial charge is 0.506 e. The van der Waals surface area contributed by atoms with Gasteiger partial charge in [0.2, 0.25) is 0 Å². The molecule has 0 aliphatic carbocycles. The predicted molar refractivity (Wildman–Crippen MR) is 128 cm³/mol. The number of hydrogen-bond acceptors (Lipinski definition) is 9. The molecule has 0 radical (unpaired) electrons. The Bertz CT molecular complexity index is 1390. The van der Waals surface area contributed by atoms with E-state index in [4.69, 9.17) is 14.2 Å². The van der Waals surface area contributed by atoms with Gasteiger partial charge >= 0.3 is 5.97 Å². The molecule has 182 valence electrons. The predicted octanol–water partition coefficient (Wildman–Crippen LogP) is 4.08. The van der Waals surface area contributed by atoms with Crippen molar-refractivity contribution in [2.75, 3.05) is 19.5 Å². The molecule has 2 N–H and O–H groups in total.